The molecule has 2 bridgehead atoms. The molecule has 4 unspecified atom stereocenters. The number of benzene rings is 1. The molecule has 2 saturated carbocycles. The summed E-state index contributed by atoms with van der Waals surface area (Å²) in [5.41, 5.74) is 7.27. The lowest BCUT2D eigenvalue weighted by molar-refractivity contribution is 0.175. The van der Waals surface area contributed by atoms with Crippen LogP contribution in [0.2, 0.25) is 5.02 Å². The normalized spacial score (nSPS) is 29.3. The summed E-state index contributed by atoms with van der Waals surface area (Å²) in [4.78, 5) is 2.43. The topological polar surface area (TPSA) is 29.3 Å². The lowest BCUT2D eigenvalue weighted by atomic mass is 9.88. The van der Waals surface area contributed by atoms with Gasteiger partial charge >= 0.3 is 0 Å². The van der Waals surface area contributed by atoms with Crippen LogP contribution in [0.1, 0.15) is 37.3 Å². The molecule has 21 heavy (non-hydrogen) atoms. The Morgan fingerprint density at radius 3 is 2.81 bits per heavy atom. The van der Waals surface area contributed by atoms with Gasteiger partial charge in [-0.2, -0.15) is 0 Å². The van der Waals surface area contributed by atoms with Gasteiger partial charge in [0.15, 0.2) is 0 Å². The maximum atomic E-state index is 6.16. The Kier molecular flexibility index (Phi) is 4.94. The largest absolute Gasteiger partial charge is 0.329 e. The van der Waals surface area contributed by atoms with Gasteiger partial charge < -0.3 is 5.73 Å². The number of hydrogen-bond acceptors (Lipinski definition) is 2. The summed E-state index contributed by atoms with van der Waals surface area (Å²) in [7, 11) is 2.21. The molecule has 0 aliphatic heterocycles. The third-order valence-electron chi connectivity index (χ3n) is 5.48. The van der Waals surface area contributed by atoms with E-state index in [1.165, 1.54) is 31.2 Å². The van der Waals surface area contributed by atoms with E-state index in [9.17, 15) is 0 Å². The van der Waals surface area contributed by atoms with Gasteiger partial charge in [-0.15, -0.1) is 0 Å². The Morgan fingerprint density at radius 2 is 2.19 bits per heavy atom. The van der Waals surface area contributed by atoms with E-state index in [2.05, 4.69) is 27.9 Å². The van der Waals surface area contributed by atoms with Crippen molar-refractivity contribution >= 4 is 27.5 Å². The summed E-state index contributed by atoms with van der Waals surface area (Å²) in [5, 5.41) is 0.778. The SMILES string of the molecule is CN(CC1CC2CCC1C2)C(CN)c1cc(Cl)ccc1Br. The van der Waals surface area contributed by atoms with E-state index >= 15 is 0 Å². The molecule has 1 aromatic carbocycles. The number of halogens is 2. The van der Waals surface area contributed by atoms with Crippen LogP contribution in [0.25, 0.3) is 0 Å². The minimum atomic E-state index is 0.234. The summed E-state index contributed by atoms with van der Waals surface area (Å²) in [6.45, 7) is 1.78. The van der Waals surface area contributed by atoms with E-state index in [0.717, 1.165) is 33.8 Å². The highest BCUT2D eigenvalue weighted by atomic mass is 79.9. The lowest BCUT2D eigenvalue weighted by Crippen LogP contribution is -2.35. The number of nitrogens with two attached hydrogens (primary N) is 1. The molecule has 2 aliphatic carbocycles. The average Bonchev–Trinajstić information content (AvgIpc) is 3.06. The Morgan fingerprint density at radius 1 is 1.38 bits per heavy atom. The first kappa shape index (κ1) is 15.8. The van der Waals surface area contributed by atoms with Crippen LogP contribution in [-0.4, -0.2) is 25.0 Å². The minimum Gasteiger partial charge on any atom is -0.329 e. The van der Waals surface area contributed by atoms with Crippen molar-refractivity contribution in [3.63, 3.8) is 0 Å². The van der Waals surface area contributed by atoms with Crippen LogP contribution < -0.4 is 5.73 Å². The molecule has 4 atom stereocenters. The fourth-order valence-electron chi connectivity index (χ4n) is 4.41. The molecule has 4 heteroatoms. The lowest BCUT2D eigenvalue weighted by Gasteiger charge is -2.33. The number of hydrogen-bond donors (Lipinski definition) is 1. The Balaban J connectivity index is 1.71. The second-order valence-corrected chi connectivity index (χ2v) is 8.08. The first-order valence-corrected chi connectivity index (χ1v) is 9.10. The standard InChI is InChI=1S/C17H24BrClN2/c1-21(10-13-7-11-2-3-12(13)6-11)17(9-20)15-8-14(19)4-5-16(15)18/h4-5,8,11-13,17H,2-3,6-7,9-10,20H2,1H3. The van der Waals surface area contributed by atoms with Crippen LogP contribution in [0.5, 0.6) is 0 Å². The Bertz CT molecular complexity index is 508. The van der Waals surface area contributed by atoms with Crippen LogP contribution in [-0.2, 0) is 0 Å². The zero-order valence-corrected chi connectivity index (χ0v) is 14.9. The molecule has 2 fully saturated rings. The maximum Gasteiger partial charge on any atom is 0.0479 e. The van der Waals surface area contributed by atoms with Gasteiger partial charge in [-0.25, -0.2) is 0 Å². The van der Waals surface area contributed by atoms with E-state index < -0.39 is 0 Å². The Labute approximate surface area is 141 Å². The highest BCUT2D eigenvalue weighted by Crippen LogP contribution is 2.48. The predicted molar refractivity (Wildman–Crippen MR) is 92.5 cm³/mol. The smallest absolute Gasteiger partial charge is 0.0479 e. The van der Waals surface area contributed by atoms with Crippen molar-refractivity contribution in [1.82, 2.24) is 4.90 Å². The summed E-state index contributed by atoms with van der Waals surface area (Å²) >= 11 is 9.81. The van der Waals surface area contributed by atoms with E-state index in [1.807, 2.05) is 18.2 Å². The molecule has 0 heterocycles. The van der Waals surface area contributed by atoms with Crippen molar-refractivity contribution in [2.45, 2.75) is 31.7 Å². The van der Waals surface area contributed by atoms with E-state index in [4.69, 9.17) is 17.3 Å². The minimum absolute atomic E-state index is 0.234. The quantitative estimate of drug-likeness (QED) is 0.827. The van der Waals surface area contributed by atoms with Crippen LogP contribution in [0.3, 0.4) is 0 Å². The zero-order valence-electron chi connectivity index (χ0n) is 12.6. The van der Waals surface area contributed by atoms with E-state index in [-0.39, 0.29) is 6.04 Å². The molecule has 0 radical (unpaired) electrons. The molecule has 1 aromatic rings. The summed E-state index contributed by atoms with van der Waals surface area (Å²) in [6, 6.07) is 6.21. The number of likely N-dealkylation sites (N-methyl/N-ethyl adjacent to an activating group) is 1. The third kappa shape index (κ3) is 3.31. The van der Waals surface area contributed by atoms with Crippen molar-refractivity contribution in [3.05, 3.63) is 33.3 Å². The second kappa shape index (κ2) is 6.57. The molecule has 0 aromatic heterocycles. The first-order chi connectivity index (χ1) is 10.1. The molecule has 0 amide bonds. The molecular formula is C17H24BrClN2. The van der Waals surface area contributed by atoms with Gasteiger partial charge in [-0.3, -0.25) is 4.90 Å². The maximum absolute atomic E-state index is 6.16. The van der Waals surface area contributed by atoms with Crippen molar-refractivity contribution in [3.8, 4) is 0 Å². The molecule has 2 nitrogen and oxygen atoms in total. The van der Waals surface area contributed by atoms with Crippen LogP contribution in [0, 0.1) is 17.8 Å². The van der Waals surface area contributed by atoms with Crippen molar-refractivity contribution < 1.29 is 0 Å². The molecule has 2 N–H and O–H groups in total. The van der Waals surface area contributed by atoms with Gasteiger partial charge in [0.25, 0.3) is 0 Å². The van der Waals surface area contributed by atoms with Crippen LogP contribution in [0.4, 0.5) is 0 Å². The summed E-state index contributed by atoms with van der Waals surface area (Å²) in [6.07, 6.45) is 5.79. The Hall–Kier alpha value is -0.0900. The predicted octanol–water partition coefficient (Wildman–Crippen LogP) is 4.47. The number of nitrogens with zero attached hydrogens (tertiary/aromatic N) is 1. The van der Waals surface area contributed by atoms with Gasteiger partial charge in [0.2, 0.25) is 0 Å². The van der Waals surface area contributed by atoms with Gasteiger partial charge in [0.1, 0.15) is 0 Å². The first-order valence-electron chi connectivity index (χ1n) is 7.93. The molecule has 2 aliphatic rings. The summed E-state index contributed by atoms with van der Waals surface area (Å²) < 4.78 is 1.10. The van der Waals surface area contributed by atoms with E-state index in [1.54, 1.807) is 0 Å². The average molecular weight is 372 g/mol. The zero-order chi connectivity index (χ0) is 15.0. The highest BCUT2D eigenvalue weighted by molar-refractivity contribution is 9.10. The van der Waals surface area contributed by atoms with Crippen molar-refractivity contribution in [2.24, 2.45) is 23.5 Å². The van der Waals surface area contributed by atoms with E-state index in [0.29, 0.717) is 6.54 Å². The molecule has 0 saturated heterocycles. The van der Waals surface area contributed by atoms with Crippen molar-refractivity contribution in [2.75, 3.05) is 20.1 Å². The van der Waals surface area contributed by atoms with Crippen molar-refractivity contribution in [1.29, 1.82) is 0 Å². The number of fused-ring (bicyclic) bond motifs is 2. The second-order valence-electron chi connectivity index (χ2n) is 6.79. The fourth-order valence-corrected chi connectivity index (χ4v) is 5.10. The molecule has 3 rings (SSSR count). The highest BCUT2D eigenvalue weighted by Gasteiger charge is 2.40. The third-order valence-corrected chi connectivity index (χ3v) is 6.44. The van der Waals surface area contributed by atoms with Crippen LogP contribution >= 0.6 is 27.5 Å². The van der Waals surface area contributed by atoms with Gasteiger partial charge in [-0.05, 0) is 67.8 Å². The van der Waals surface area contributed by atoms with Gasteiger partial charge in [0.05, 0.1) is 0 Å². The molecule has 116 valence electrons. The molecular weight excluding hydrogens is 348 g/mol. The fraction of sp³-hybridized carbons (Fsp3) is 0.647. The van der Waals surface area contributed by atoms with Crippen LogP contribution in [0.15, 0.2) is 22.7 Å². The monoisotopic (exact) mass is 370 g/mol. The summed E-state index contributed by atoms with van der Waals surface area (Å²) in [5.74, 6) is 2.82. The van der Waals surface area contributed by atoms with Gasteiger partial charge in [-0.1, -0.05) is 34.0 Å². The number of rotatable bonds is 5. The molecule has 0 spiro atoms. The van der Waals surface area contributed by atoms with Gasteiger partial charge in [0, 0.05) is 28.6 Å².